The Labute approximate surface area is 125 Å². The lowest BCUT2D eigenvalue weighted by molar-refractivity contribution is -0.115. The predicted molar refractivity (Wildman–Crippen MR) is 82.9 cm³/mol. The van der Waals surface area contributed by atoms with Crippen molar-refractivity contribution in [3.8, 4) is 0 Å². The van der Waals surface area contributed by atoms with E-state index in [-0.39, 0.29) is 17.6 Å². The first-order chi connectivity index (χ1) is 10.7. The van der Waals surface area contributed by atoms with Gasteiger partial charge in [-0.1, -0.05) is 18.2 Å². The first-order valence-electron chi connectivity index (χ1n) is 6.92. The predicted octanol–water partition coefficient (Wildman–Crippen LogP) is 3.18. The molecule has 22 heavy (non-hydrogen) atoms. The number of hydrogen-bond donors (Lipinski definition) is 2. The van der Waals surface area contributed by atoms with E-state index < -0.39 is 0 Å². The Hall–Kier alpha value is -3.08. The van der Waals surface area contributed by atoms with E-state index in [0.717, 1.165) is 16.6 Å². The normalized spacial score (nSPS) is 13.0. The molecular formula is C17H12N2O3. The topological polar surface area (TPSA) is 71.3 Å². The standard InChI is InChI=1S/C17H12N2O3/c20-16-9-11-7-12(5-6-13(11)19-16)18-17(21)15-8-10-3-1-2-4-14(10)22-15/h1-8H,9H2,(H,18,21)(H,19,20). The van der Waals surface area contributed by atoms with Crippen LogP contribution in [-0.2, 0) is 11.2 Å². The van der Waals surface area contributed by atoms with Gasteiger partial charge >= 0.3 is 0 Å². The first-order valence-corrected chi connectivity index (χ1v) is 6.92. The molecule has 1 aliphatic rings. The van der Waals surface area contributed by atoms with E-state index in [1.54, 1.807) is 24.3 Å². The molecule has 3 aromatic rings. The molecule has 108 valence electrons. The number of fused-ring (bicyclic) bond motifs is 2. The number of nitrogens with one attached hydrogen (secondary N) is 2. The van der Waals surface area contributed by atoms with Gasteiger partial charge in [0.1, 0.15) is 5.58 Å². The first kappa shape index (κ1) is 12.6. The summed E-state index contributed by atoms with van der Waals surface area (Å²) in [5.74, 6) is -0.0832. The number of carbonyl (C=O) groups is 2. The van der Waals surface area contributed by atoms with E-state index in [0.29, 0.717) is 17.7 Å². The third kappa shape index (κ3) is 2.13. The molecule has 0 saturated heterocycles. The van der Waals surface area contributed by atoms with Crippen LogP contribution in [0.2, 0.25) is 0 Å². The van der Waals surface area contributed by atoms with Crippen molar-refractivity contribution in [3.63, 3.8) is 0 Å². The van der Waals surface area contributed by atoms with Crippen molar-refractivity contribution in [2.24, 2.45) is 0 Å². The third-order valence-corrected chi connectivity index (χ3v) is 3.64. The fraction of sp³-hybridized carbons (Fsp3) is 0.0588. The summed E-state index contributed by atoms with van der Waals surface area (Å²) in [6.45, 7) is 0. The average Bonchev–Trinajstić information content (AvgIpc) is 3.08. The van der Waals surface area contributed by atoms with Gasteiger partial charge in [0.05, 0.1) is 6.42 Å². The van der Waals surface area contributed by atoms with Gasteiger partial charge in [0, 0.05) is 16.8 Å². The molecule has 0 spiro atoms. The van der Waals surface area contributed by atoms with Crippen LogP contribution in [0.3, 0.4) is 0 Å². The number of anilines is 2. The Balaban J connectivity index is 1.59. The highest BCUT2D eigenvalue weighted by Gasteiger charge is 2.18. The molecule has 0 unspecified atom stereocenters. The van der Waals surface area contributed by atoms with Crippen LogP contribution >= 0.6 is 0 Å². The van der Waals surface area contributed by atoms with Gasteiger partial charge in [-0.05, 0) is 35.9 Å². The zero-order valence-corrected chi connectivity index (χ0v) is 11.6. The third-order valence-electron chi connectivity index (χ3n) is 3.64. The second-order valence-electron chi connectivity index (χ2n) is 5.20. The van der Waals surface area contributed by atoms with Crippen LogP contribution in [0.4, 0.5) is 11.4 Å². The fourth-order valence-corrected chi connectivity index (χ4v) is 2.59. The molecule has 0 bridgehead atoms. The van der Waals surface area contributed by atoms with E-state index in [4.69, 9.17) is 4.42 Å². The van der Waals surface area contributed by atoms with E-state index in [1.807, 2.05) is 24.3 Å². The second-order valence-corrected chi connectivity index (χ2v) is 5.20. The summed E-state index contributed by atoms with van der Waals surface area (Å²) in [6.07, 6.45) is 0.337. The van der Waals surface area contributed by atoms with E-state index in [1.165, 1.54) is 0 Å². The quantitative estimate of drug-likeness (QED) is 0.762. The molecule has 0 radical (unpaired) electrons. The van der Waals surface area contributed by atoms with Crippen LogP contribution < -0.4 is 10.6 Å². The van der Waals surface area contributed by atoms with Gasteiger partial charge in [0.2, 0.25) is 5.91 Å². The summed E-state index contributed by atoms with van der Waals surface area (Å²) in [4.78, 5) is 23.6. The lowest BCUT2D eigenvalue weighted by Crippen LogP contribution is -2.10. The summed E-state index contributed by atoms with van der Waals surface area (Å²) in [5, 5.41) is 6.43. The Morgan fingerprint density at radius 2 is 2.00 bits per heavy atom. The lowest BCUT2D eigenvalue weighted by Gasteiger charge is -2.05. The maximum Gasteiger partial charge on any atom is 0.291 e. The number of hydrogen-bond acceptors (Lipinski definition) is 3. The van der Waals surface area contributed by atoms with Crippen molar-refractivity contribution in [1.82, 2.24) is 0 Å². The van der Waals surface area contributed by atoms with Crippen LogP contribution in [0.5, 0.6) is 0 Å². The summed E-state index contributed by atoms with van der Waals surface area (Å²) in [6, 6.07) is 14.5. The number of para-hydroxylation sites is 1. The van der Waals surface area contributed by atoms with Crippen molar-refractivity contribution < 1.29 is 14.0 Å². The van der Waals surface area contributed by atoms with Crippen LogP contribution in [0, 0.1) is 0 Å². The van der Waals surface area contributed by atoms with Crippen molar-refractivity contribution in [2.75, 3.05) is 10.6 Å². The molecule has 5 heteroatoms. The molecule has 0 atom stereocenters. The molecule has 4 rings (SSSR count). The molecule has 0 fully saturated rings. The highest BCUT2D eigenvalue weighted by molar-refractivity contribution is 6.05. The Morgan fingerprint density at radius 3 is 2.86 bits per heavy atom. The summed E-state index contributed by atoms with van der Waals surface area (Å²) >= 11 is 0. The smallest absolute Gasteiger partial charge is 0.291 e. The Bertz CT molecular complexity index is 878. The Kier molecular flexibility index (Phi) is 2.72. The second kappa shape index (κ2) is 4.73. The van der Waals surface area contributed by atoms with Crippen molar-refractivity contribution in [1.29, 1.82) is 0 Å². The van der Waals surface area contributed by atoms with Crippen molar-refractivity contribution in [3.05, 3.63) is 59.9 Å². The number of benzene rings is 2. The van der Waals surface area contributed by atoms with Crippen molar-refractivity contribution >= 4 is 34.2 Å². The maximum atomic E-state index is 12.3. The van der Waals surface area contributed by atoms with Gasteiger partial charge in [0.25, 0.3) is 5.91 Å². The highest BCUT2D eigenvalue weighted by Crippen LogP contribution is 2.26. The zero-order chi connectivity index (χ0) is 15.1. The van der Waals surface area contributed by atoms with Crippen LogP contribution in [0.25, 0.3) is 11.0 Å². The monoisotopic (exact) mass is 292 g/mol. The minimum absolute atomic E-state index is 0.0317. The van der Waals surface area contributed by atoms with E-state index in [9.17, 15) is 9.59 Å². The van der Waals surface area contributed by atoms with Gasteiger partial charge in [-0.3, -0.25) is 9.59 Å². The summed E-state index contributed by atoms with van der Waals surface area (Å²) < 4.78 is 5.53. The van der Waals surface area contributed by atoms with Crippen molar-refractivity contribution in [2.45, 2.75) is 6.42 Å². The molecule has 1 aromatic heterocycles. The molecule has 2 aromatic carbocycles. The summed E-state index contributed by atoms with van der Waals surface area (Å²) in [7, 11) is 0. The van der Waals surface area contributed by atoms with Gasteiger partial charge in [-0.15, -0.1) is 0 Å². The minimum atomic E-state index is -0.312. The minimum Gasteiger partial charge on any atom is -0.451 e. The SMILES string of the molecule is O=C1Cc2cc(NC(=O)c3cc4ccccc4o3)ccc2N1. The number of amides is 2. The molecule has 2 amide bonds. The van der Waals surface area contributed by atoms with Gasteiger partial charge < -0.3 is 15.1 Å². The zero-order valence-electron chi connectivity index (χ0n) is 11.6. The average molecular weight is 292 g/mol. The largest absolute Gasteiger partial charge is 0.451 e. The molecule has 0 aliphatic carbocycles. The van der Waals surface area contributed by atoms with Gasteiger partial charge in [-0.25, -0.2) is 0 Å². The molecule has 2 heterocycles. The van der Waals surface area contributed by atoms with Crippen LogP contribution in [0.15, 0.2) is 52.9 Å². The maximum absolute atomic E-state index is 12.3. The molecule has 1 aliphatic heterocycles. The molecule has 0 saturated carbocycles. The molecular weight excluding hydrogens is 280 g/mol. The van der Waals surface area contributed by atoms with Gasteiger partial charge in [0.15, 0.2) is 5.76 Å². The Morgan fingerprint density at radius 1 is 1.14 bits per heavy atom. The molecule has 5 nitrogen and oxygen atoms in total. The lowest BCUT2D eigenvalue weighted by atomic mass is 10.1. The molecule has 2 N–H and O–H groups in total. The number of furan rings is 1. The summed E-state index contributed by atoms with van der Waals surface area (Å²) in [5.41, 5.74) is 3.00. The van der Waals surface area contributed by atoms with E-state index >= 15 is 0 Å². The number of rotatable bonds is 2. The van der Waals surface area contributed by atoms with Crippen LogP contribution in [-0.4, -0.2) is 11.8 Å². The van der Waals surface area contributed by atoms with Gasteiger partial charge in [-0.2, -0.15) is 0 Å². The number of carbonyl (C=O) groups excluding carboxylic acids is 2. The van der Waals surface area contributed by atoms with Crippen LogP contribution in [0.1, 0.15) is 16.1 Å². The van der Waals surface area contributed by atoms with E-state index in [2.05, 4.69) is 10.6 Å². The highest BCUT2D eigenvalue weighted by atomic mass is 16.3. The fourth-order valence-electron chi connectivity index (χ4n) is 2.59.